The van der Waals surface area contributed by atoms with Crippen LogP contribution >= 0.6 is 0 Å². The summed E-state index contributed by atoms with van der Waals surface area (Å²) >= 11 is 0. The van der Waals surface area contributed by atoms with Crippen LogP contribution in [0.4, 0.5) is 35.3 Å². The van der Waals surface area contributed by atoms with E-state index < -0.39 is 17.8 Å². The summed E-state index contributed by atoms with van der Waals surface area (Å²) < 4.78 is 44.7. The number of hydrogen-bond acceptors (Lipinski definition) is 7. The minimum atomic E-state index is -4.55. The highest BCUT2D eigenvalue weighted by molar-refractivity contribution is 6.03. The fourth-order valence-corrected chi connectivity index (χ4v) is 4.01. The Balaban J connectivity index is 1.72. The van der Waals surface area contributed by atoms with Crippen LogP contribution < -0.4 is 20.7 Å². The second kappa shape index (κ2) is 10.1. The molecule has 0 atom stereocenters. The second-order valence-electron chi connectivity index (χ2n) is 8.11. The number of pyridine rings is 2. The molecule has 35 heavy (non-hydrogen) atoms. The second-order valence-corrected chi connectivity index (χ2v) is 8.11. The van der Waals surface area contributed by atoms with Gasteiger partial charge in [-0.3, -0.25) is 15.2 Å². The highest BCUT2D eigenvalue weighted by atomic mass is 19.4. The van der Waals surface area contributed by atoms with E-state index in [4.69, 9.17) is 10.5 Å². The maximum atomic E-state index is 13.5. The van der Waals surface area contributed by atoms with Gasteiger partial charge in [0.25, 0.3) is 0 Å². The first-order valence-corrected chi connectivity index (χ1v) is 11.0. The van der Waals surface area contributed by atoms with Gasteiger partial charge in [-0.2, -0.15) is 13.2 Å². The molecule has 3 aromatic rings. The third-order valence-electron chi connectivity index (χ3n) is 5.74. The van der Waals surface area contributed by atoms with E-state index in [-0.39, 0.29) is 40.5 Å². The molecule has 0 bridgehead atoms. The average Bonchev–Trinajstić information content (AvgIpc) is 2.85. The van der Waals surface area contributed by atoms with Crippen molar-refractivity contribution in [3.63, 3.8) is 0 Å². The van der Waals surface area contributed by atoms with Crippen LogP contribution in [0.3, 0.4) is 0 Å². The minimum absolute atomic E-state index is 0.158. The molecule has 0 radical (unpaired) electrons. The number of urea groups is 1. The number of nitrogens with one attached hydrogen (secondary N) is 1. The zero-order valence-electron chi connectivity index (χ0n) is 18.9. The number of amides is 2. The van der Waals surface area contributed by atoms with Crippen LogP contribution in [0.25, 0.3) is 11.3 Å². The smallest absolute Gasteiger partial charge is 0.417 e. The van der Waals surface area contributed by atoms with Crippen LogP contribution in [0.2, 0.25) is 0 Å². The van der Waals surface area contributed by atoms with Crippen molar-refractivity contribution in [2.75, 3.05) is 23.1 Å². The summed E-state index contributed by atoms with van der Waals surface area (Å²) in [5.41, 5.74) is 5.92. The number of ether oxygens (including phenoxy) is 1. The number of methoxy groups -OCH3 is 1. The number of carbonyl (C=O) groups excluding carboxylic acids is 1. The number of nitrogens with zero attached hydrogens (tertiary/aromatic N) is 5. The summed E-state index contributed by atoms with van der Waals surface area (Å²) in [6, 6.07) is 4.75. The van der Waals surface area contributed by atoms with Crippen molar-refractivity contribution >= 4 is 23.4 Å². The third kappa shape index (κ3) is 5.58. The fraction of sp³-hybridized carbons (Fsp3) is 0.348. The number of halogens is 3. The summed E-state index contributed by atoms with van der Waals surface area (Å²) in [7, 11) is 1.45. The minimum Gasteiger partial charge on any atom is -0.481 e. The van der Waals surface area contributed by atoms with E-state index >= 15 is 0 Å². The topological polar surface area (TPSA) is 119 Å². The Morgan fingerprint density at radius 1 is 1.14 bits per heavy atom. The maximum absolute atomic E-state index is 13.5. The average molecular weight is 487 g/mol. The van der Waals surface area contributed by atoms with E-state index in [2.05, 4.69) is 25.3 Å². The van der Waals surface area contributed by atoms with E-state index in [0.29, 0.717) is 0 Å². The molecular formula is C23H24F3N7O2. The molecule has 184 valence electrons. The number of rotatable bonds is 5. The summed E-state index contributed by atoms with van der Waals surface area (Å²) in [6.45, 7) is 0. The number of nitrogen functional groups attached to an aromatic ring is 1. The Bertz CT molecular complexity index is 1200. The molecule has 3 N–H and O–H groups in total. The quantitative estimate of drug-likeness (QED) is 0.525. The molecule has 1 aliphatic rings. The molecule has 2 amide bonds. The lowest BCUT2D eigenvalue weighted by molar-refractivity contribution is -0.137. The summed E-state index contributed by atoms with van der Waals surface area (Å²) in [5.74, 6) is 0.654. The molecule has 0 spiro atoms. The maximum Gasteiger partial charge on any atom is 0.417 e. The molecular weight excluding hydrogens is 463 g/mol. The number of carbonyl (C=O) groups is 1. The van der Waals surface area contributed by atoms with E-state index in [1.54, 1.807) is 0 Å². The lowest BCUT2D eigenvalue weighted by Crippen LogP contribution is -2.45. The van der Waals surface area contributed by atoms with Crippen molar-refractivity contribution in [1.29, 1.82) is 0 Å². The molecule has 4 rings (SSSR count). The molecule has 0 saturated heterocycles. The van der Waals surface area contributed by atoms with Gasteiger partial charge in [-0.1, -0.05) is 19.3 Å². The van der Waals surface area contributed by atoms with Crippen LogP contribution in [-0.4, -0.2) is 39.1 Å². The van der Waals surface area contributed by atoms with Crippen LogP contribution in [0.15, 0.2) is 43.0 Å². The molecule has 9 nitrogen and oxygen atoms in total. The van der Waals surface area contributed by atoms with Gasteiger partial charge in [0, 0.05) is 30.1 Å². The Labute approximate surface area is 199 Å². The summed E-state index contributed by atoms with van der Waals surface area (Å²) in [6.07, 6.45) is 3.11. The zero-order valence-corrected chi connectivity index (χ0v) is 18.9. The molecule has 0 aromatic carbocycles. The van der Waals surface area contributed by atoms with Gasteiger partial charge in [0.05, 0.1) is 24.1 Å². The Hall–Kier alpha value is -3.96. The lowest BCUT2D eigenvalue weighted by atomic mass is 9.94. The van der Waals surface area contributed by atoms with Gasteiger partial charge < -0.3 is 10.5 Å². The van der Waals surface area contributed by atoms with Gasteiger partial charge in [0.1, 0.15) is 12.1 Å². The fourth-order valence-electron chi connectivity index (χ4n) is 4.01. The molecule has 12 heteroatoms. The number of hydrogen-bond donors (Lipinski definition) is 2. The summed E-state index contributed by atoms with van der Waals surface area (Å²) in [4.78, 5) is 31.1. The largest absolute Gasteiger partial charge is 0.481 e. The van der Waals surface area contributed by atoms with Gasteiger partial charge in [-0.25, -0.2) is 19.7 Å². The van der Waals surface area contributed by atoms with E-state index in [1.807, 2.05) is 0 Å². The first-order chi connectivity index (χ1) is 16.8. The molecule has 3 heterocycles. The van der Waals surface area contributed by atoms with Crippen molar-refractivity contribution in [3.8, 4) is 17.1 Å². The van der Waals surface area contributed by atoms with Crippen molar-refractivity contribution in [1.82, 2.24) is 19.9 Å². The van der Waals surface area contributed by atoms with Gasteiger partial charge in [0.2, 0.25) is 5.88 Å². The van der Waals surface area contributed by atoms with Crippen molar-refractivity contribution in [3.05, 3.63) is 48.5 Å². The monoisotopic (exact) mass is 487 g/mol. The number of nitrogens with two attached hydrogens (primary N) is 1. The number of alkyl halides is 3. The Morgan fingerprint density at radius 3 is 2.63 bits per heavy atom. The van der Waals surface area contributed by atoms with Gasteiger partial charge in [-0.15, -0.1) is 0 Å². The van der Waals surface area contributed by atoms with Gasteiger partial charge >= 0.3 is 12.2 Å². The van der Waals surface area contributed by atoms with E-state index in [1.165, 1.54) is 42.7 Å². The molecule has 1 saturated carbocycles. The molecule has 1 aliphatic carbocycles. The first-order valence-electron chi connectivity index (χ1n) is 11.0. The standard InChI is InChI=1S/C23H24F3N7O2/c1-35-20-10-19(29-13-30-20)32-22(34)33(16-5-3-2-4-6-16)21-17(27)7-8-18(31-21)14-9-15(12-28-11-14)23(24,25)26/h7-13,16H,2-6,27H2,1H3,(H,29,30,32,34). The summed E-state index contributed by atoms with van der Waals surface area (Å²) in [5, 5.41) is 2.73. The lowest BCUT2D eigenvalue weighted by Gasteiger charge is -2.34. The van der Waals surface area contributed by atoms with Gasteiger partial charge in [0.15, 0.2) is 5.82 Å². The SMILES string of the molecule is COc1cc(NC(=O)N(c2nc(-c3cncc(C(F)(F)F)c3)ccc2N)C2CCCCC2)ncn1. The van der Waals surface area contributed by atoms with Crippen LogP contribution in [-0.2, 0) is 6.18 Å². The molecule has 0 aliphatic heterocycles. The van der Waals surface area contributed by atoms with Crippen LogP contribution in [0.5, 0.6) is 5.88 Å². The van der Waals surface area contributed by atoms with Crippen molar-refractivity contribution in [2.45, 2.75) is 44.3 Å². The molecule has 1 fully saturated rings. The van der Waals surface area contributed by atoms with E-state index in [0.717, 1.165) is 44.4 Å². The van der Waals surface area contributed by atoms with Crippen molar-refractivity contribution in [2.24, 2.45) is 0 Å². The van der Waals surface area contributed by atoms with Gasteiger partial charge in [-0.05, 0) is 31.0 Å². The Morgan fingerprint density at radius 2 is 1.91 bits per heavy atom. The first kappa shape index (κ1) is 24.2. The predicted octanol–water partition coefficient (Wildman–Crippen LogP) is 4.91. The highest BCUT2D eigenvalue weighted by Gasteiger charge is 2.32. The molecule has 3 aromatic heterocycles. The van der Waals surface area contributed by atoms with Crippen LogP contribution in [0, 0.1) is 0 Å². The third-order valence-corrected chi connectivity index (χ3v) is 5.74. The number of anilines is 3. The van der Waals surface area contributed by atoms with E-state index in [9.17, 15) is 18.0 Å². The highest BCUT2D eigenvalue weighted by Crippen LogP contribution is 2.34. The normalized spacial score (nSPS) is 14.4. The van der Waals surface area contributed by atoms with Crippen molar-refractivity contribution < 1.29 is 22.7 Å². The zero-order chi connectivity index (χ0) is 25.0. The Kier molecular flexibility index (Phi) is 6.99. The predicted molar refractivity (Wildman–Crippen MR) is 124 cm³/mol. The molecule has 0 unspecified atom stereocenters. The van der Waals surface area contributed by atoms with Crippen LogP contribution in [0.1, 0.15) is 37.7 Å². The number of aromatic nitrogens is 4.